The normalized spacial score (nSPS) is 11.6. The summed E-state index contributed by atoms with van der Waals surface area (Å²) < 4.78 is 4.61. The van der Waals surface area contributed by atoms with Crippen molar-refractivity contribution in [1.29, 1.82) is 0 Å². The highest BCUT2D eigenvalue weighted by Crippen LogP contribution is 2.19. The van der Waals surface area contributed by atoms with Crippen LogP contribution in [-0.2, 0) is 9.53 Å². The van der Waals surface area contributed by atoms with Gasteiger partial charge in [-0.15, -0.1) is 10.2 Å². The third kappa shape index (κ3) is 4.42. The second-order valence-corrected chi connectivity index (χ2v) is 6.19. The number of hydrogen-bond donors (Lipinski definition) is 2. The van der Waals surface area contributed by atoms with Crippen molar-refractivity contribution in [2.45, 2.75) is 24.3 Å². The number of carbonyl (C=O) groups excluding carboxylic acids is 2. The van der Waals surface area contributed by atoms with Crippen molar-refractivity contribution in [3.8, 4) is 0 Å². The zero-order valence-corrected chi connectivity index (χ0v) is 14.1. The summed E-state index contributed by atoms with van der Waals surface area (Å²) in [5.74, 6) is -0.715. The SMILES string of the molecule is COC(=O)c1ccc(NC(=O)C(C)Sc2nnc(C)c(=O)[nH]2)cc1. The molecule has 0 aliphatic heterocycles. The fraction of sp³-hybridized carbons (Fsp3) is 0.267. The fourth-order valence-corrected chi connectivity index (χ4v) is 2.44. The lowest BCUT2D eigenvalue weighted by atomic mass is 10.2. The van der Waals surface area contributed by atoms with E-state index in [1.54, 1.807) is 38.1 Å². The number of anilines is 1. The van der Waals surface area contributed by atoms with E-state index < -0.39 is 11.2 Å². The zero-order chi connectivity index (χ0) is 17.7. The second-order valence-electron chi connectivity index (χ2n) is 4.86. The highest BCUT2D eigenvalue weighted by molar-refractivity contribution is 8.00. The van der Waals surface area contributed by atoms with Gasteiger partial charge in [-0.3, -0.25) is 14.6 Å². The van der Waals surface area contributed by atoms with Crippen molar-refractivity contribution < 1.29 is 14.3 Å². The van der Waals surface area contributed by atoms with Crippen LogP contribution in [0.15, 0.2) is 34.2 Å². The monoisotopic (exact) mass is 348 g/mol. The number of aromatic amines is 1. The molecule has 0 spiro atoms. The zero-order valence-electron chi connectivity index (χ0n) is 13.3. The lowest BCUT2D eigenvalue weighted by Crippen LogP contribution is -2.23. The Kier molecular flexibility index (Phi) is 5.69. The number of nitrogens with zero attached hydrogens (tertiary/aromatic N) is 2. The minimum atomic E-state index is -0.502. The number of ether oxygens (including phenoxy) is 1. The first kappa shape index (κ1) is 17.7. The maximum absolute atomic E-state index is 12.2. The van der Waals surface area contributed by atoms with Gasteiger partial charge in [0.1, 0.15) is 5.69 Å². The molecular formula is C15H16N4O4S. The van der Waals surface area contributed by atoms with Crippen molar-refractivity contribution in [2.75, 3.05) is 12.4 Å². The fourth-order valence-electron chi connectivity index (χ4n) is 1.70. The number of hydrogen-bond acceptors (Lipinski definition) is 7. The van der Waals surface area contributed by atoms with Crippen LogP contribution >= 0.6 is 11.8 Å². The predicted octanol–water partition coefficient (Wildman–Crippen LogP) is 1.38. The van der Waals surface area contributed by atoms with Crippen LogP contribution in [0.5, 0.6) is 0 Å². The molecule has 1 atom stereocenters. The maximum Gasteiger partial charge on any atom is 0.337 e. The number of carbonyl (C=O) groups is 2. The Balaban J connectivity index is 1.99. The van der Waals surface area contributed by atoms with Crippen LogP contribution in [0.2, 0.25) is 0 Å². The molecule has 2 N–H and O–H groups in total. The topological polar surface area (TPSA) is 114 Å². The van der Waals surface area contributed by atoms with Gasteiger partial charge in [0.15, 0.2) is 5.16 Å². The predicted molar refractivity (Wildman–Crippen MR) is 89.1 cm³/mol. The van der Waals surface area contributed by atoms with Gasteiger partial charge in [-0.05, 0) is 38.1 Å². The summed E-state index contributed by atoms with van der Waals surface area (Å²) in [6.07, 6.45) is 0. The molecule has 126 valence electrons. The molecule has 0 bridgehead atoms. The summed E-state index contributed by atoms with van der Waals surface area (Å²) in [6, 6.07) is 6.33. The maximum atomic E-state index is 12.2. The lowest BCUT2D eigenvalue weighted by molar-refractivity contribution is -0.115. The van der Waals surface area contributed by atoms with Gasteiger partial charge in [-0.1, -0.05) is 11.8 Å². The third-order valence-electron chi connectivity index (χ3n) is 3.07. The summed E-state index contributed by atoms with van der Waals surface area (Å²) in [6.45, 7) is 3.23. The Labute approximate surface area is 142 Å². The van der Waals surface area contributed by atoms with E-state index in [1.807, 2.05) is 0 Å². The molecular weight excluding hydrogens is 332 g/mol. The first-order valence-corrected chi connectivity index (χ1v) is 7.88. The smallest absolute Gasteiger partial charge is 0.337 e. The molecule has 2 aromatic rings. The quantitative estimate of drug-likeness (QED) is 0.620. The number of aryl methyl sites for hydroxylation is 1. The van der Waals surface area contributed by atoms with E-state index in [-0.39, 0.29) is 22.3 Å². The molecule has 9 heteroatoms. The molecule has 8 nitrogen and oxygen atoms in total. The number of thioether (sulfide) groups is 1. The molecule has 1 aromatic carbocycles. The second kappa shape index (κ2) is 7.73. The van der Waals surface area contributed by atoms with E-state index in [0.717, 1.165) is 11.8 Å². The van der Waals surface area contributed by atoms with Crippen LogP contribution in [0.1, 0.15) is 23.0 Å². The number of aromatic nitrogens is 3. The molecule has 0 aliphatic carbocycles. The van der Waals surface area contributed by atoms with Crippen LogP contribution in [0.25, 0.3) is 0 Å². The third-order valence-corrected chi connectivity index (χ3v) is 4.05. The first-order valence-electron chi connectivity index (χ1n) is 7.00. The van der Waals surface area contributed by atoms with Gasteiger partial charge in [0.2, 0.25) is 5.91 Å². The molecule has 0 aliphatic rings. The molecule has 2 rings (SSSR count). The Morgan fingerprint density at radius 3 is 2.50 bits per heavy atom. The summed E-state index contributed by atoms with van der Waals surface area (Å²) >= 11 is 1.09. The molecule has 0 radical (unpaired) electrons. The van der Waals surface area contributed by atoms with Gasteiger partial charge >= 0.3 is 5.97 Å². The highest BCUT2D eigenvalue weighted by atomic mass is 32.2. The Hall–Kier alpha value is -2.68. The molecule has 24 heavy (non-hydrogen) atoms. The summed E-state index contributed by atoms with van der Waals surface area (Å²) in [5, 5.41) is 10.0. The molecule has 1 heterocycles. The number of esters is 1. The van der Waals surface area contributed by atoms with E-state index in [1.165, 1.54) is 7.11 Å². The van der Waals surface area contributed by atoms with Crippen LogP contribution in [0.3, 0.4) is 0 Å². The molecule has 1 aromatic heterocycles. The minimum absolute atomic E-state index is 0.266. The van der Waals surface area contributed by atoms with Crippen LogP contribution < -0.4 is 10.9 Å². The van der Waals surface area contributed by atoms with E-state index in [2.05, 4.69) is 25.2 Å². The minimum Gasteiger partial charge on any atom is -0.465 e. The standard InChI is InChI=1S/C15H16N4O4S/c1-8-12(20)17-15(19-18-8)24-9(2)13(21)16-11-6-4-10(5-7-11)14(22)23-3/h4-7,9H,1-3H3,(H,16,21)(H,17,19,20). The van der Waals surface area contributed by atoms with E-state index in [4.69, 9.17) is 0 Å². The highest BCUT2D eigenvalue weighted by Gasteiger charge is 2.17. The summed E-state index contributed by atoms with van der Waals surface area (Å²) in [5.41, 5.74) is 0.870. The molecule has 1 amide bonds. The van der Waals surface area contributed by atoms with E-state index in [9.17, 15) is 14.4 Å². The van der Waals surface area contributed by atoms with E-state index in [0.29, 0.717) is 11.3 Å². The first-order chi connectivity index (χ1) is 11.4. The molecule has 0 fully saturated rings. The van der Waals surface area contributed by atoms with Gasteiger partial charge in [0.05, 0.1) is 17.9 Å². The Morgan fingerprint density at radius 1 is 1.25 bits per heavy atom. The average Bonchev–Trinajstić information content (AvgIpc) is 2.58. The number of amides is 1. The number of H-pyrrole nitrogens is 1. The van der Waals surface area contributed by atoms with Crippen molar-refractivity contribution in [1.82, 2.24) is 15.2 Å². The van der Waals surface area contributed by atoms with Crippen LogP contribution in [0.4, 0.5) is 5.69 Å². The average molecular weight is 348 g/mol. The van der Waals surface area contributed by atoms with Crippen molar-refractivity contribution in [3.63, 3.8) is 0 Å². The van der Waals surface area contributed by atoms with Gasteiger partial charge < -0.3 is 10.1 Å². The Bertz CT molecular complexity index is 804. The lowest BCUT2D eigenvalue weighted by Gasteiger charge is -2.11. The number of methoxy groups -OCH3 is 1. The van der Waals surface area contributed by atoms with Crippen LogP contribution in [-0.4, -0.2) is 39.4 Å². The summed E-state index contributed by atoms with van der Waals surface area (Å²) in [4.78, 5) is 37.6. The number of nitrogens with one attached hydrogen (secondary N) is 2. The van der Waals surface area contributed by atoms with Gasteiger partial charge in [-0.2, -0.15) is 0 Å². The summed E-state index contributed by atoms with van der Waals surface area (Å²) in [7, 11) is 1.30. The van der Waals surface area contributed by atoms with Crippen LogP contribution in [0, 0.1) is 6.92 Å². The van der Waals surface area contributed by atoms with Crippen molar-refractivity contribution in [2.24, 2.45) is 0 Å². The Morgan fingerprint density at radius 2 is 1.92 bits per heavy atom. The largest absolute Gasteiger partial charge is 0.465 e. The van der Waals surface area contributed by atoms with Gasteiger partial charge in [0, 0.05) is 5.69 Å². The van der Waals surface area contributed by atoms with Crippen molar-refractivity contribution in [3.05, 3.63) is 45.9 Å². The van der Waals surface area contributed by atoms with Gasteiger partial charge in [0.25, 0.3) is 5.56 Å². The number of benzene rings is 1. The number of rotatable bonds is 5. The molecule has 0 saturated heterocycles. The van der Waals surface area contributed by atoms with Crippen molar-refractivity contribution >= 4 is 29.3 Å². The van der Waals surface area contributed by atoms with Gasteiger partial charge in [-0.25, -0.2) is 4.79 Å². The molecule has 0 saturated carbocycles. The van der Waals surface area contributed by atoms with E-state index >= 15 is 0 Å². The molecule has 1 unspecified atom stereocenters.